The summed E-state index contributed by atoms with van der Waals surface area (Å²) in [5.74, 6) is 0. The van der Waals surface area contributed by atoms with Crippen LogP contribution in [0.3, 0.4) is 0 Å². The van der Waals surface area contributed by atoms with E-state index in [0.29, 0.717) is 12.6 Å². The summed E-state index contributed by atoms with van der Waals surface area (Å²) in [4.78, 5) is 9.32. The second-order valence-corrected chi connectivity index (χ2v) is 6.59. The topological polar surface area (TPSA) is 36.9 Å². The van der Waals surface area contributed by atoms with Gasteiger partial charge in [0.2, 0.25) is 0 Å². The van der Waals surface area contributed by atoms with Crippen LogP contribution < -0.4 is 10.2 Å². The maximum absolute atomic E-state index is 5.38. The van der Waals surface area contributed by atoms with E-state index in [4.69, 9.17) is 4.74 Å². The second kappa shape index (κ2) is 6.54. The summed E-state index contributed by atoms with van der Waals surface area (Å²) < 4.78 is 5.38. The van der Waals surface area contributed by atoms with E-state index in [1.807, 2.05) is 11.8 Å². The zero-order valence-corrected chi connectivity index (χ0v) is 13.7. The Balaban J connectivity index is 1.48. The largest absolute Gasteiger partial charge is 0.463 e. The molecule has 0 fully saturated rings. The molecule has 0 bridgehead atoms. The molecule has 0 atom stereocenters. The zero-order chi connectivity index (χ0) is 15.5. The lowest BCUT2D eigenvalue weighted by Crippen LogP contribution is -2.29. The maximum Gasteiger partial charge on any atom is 0.284 e. The second-order valence-electron chi connectivity index (χ2n) is 5.50. The van der Waals surface area contributed by atoms with Crippen LogP contribution in [0.1, 0.15) is 6.42 Å². The van der Waals surface area contributed by atoms with Crippen LogP contribution in [0.2, 0.25) is 0 Å². The smallest absolute Gasteiger partial charge is 0.284 e. The fraction of sp³-hybridized carbons (Fsp3) is 0.278. The molecule has 0 aliphatic carbocycles. The van der Waals surface area contributed by atoms with Crippen LogP contribution in [-0.2, 0) is 4.74 Å². The van der Waals surface area contributed by atoms with Gasteiger partial charge in [0.05, 0.1) is 17.9 Å². The Kier molecular flexibility index (Phi) is 4.11. The Hall–Kier alpha value is -2.14. The maximum atomic E-state index is 5.38. The Bertz CT molecular complexity index is 686. The standard InChI is InChI=1S/C18H19N3OS/c1-3-8-16-14(6-1)21(15-7-2-4-9-17(15)23-16)12-5-10-19-18-20-11-13-22-18/h1-4,6-9H,5,10-13H2,(H,19,20). The van der Waals surface area contributed by atoms with Gasteiger partial charge >= 0.3 is 0 Å². The SMILES string of the molecule is c1ccc2c(c1)Sc1ccccc1N2CCCNC1=NCCO1. The molecule has 0 unspecified atom stereocenters. The monoisotopic (exact) mass is 325 g/mol. The summed E-state index contributed by atoms with van der Waals surface area (Å²) in [5, 5.41) is 3.27. The van der Waals surface area contributed by atoms with Crippen LogP contribution in [0.15, 0.2) is 63.3 Å². The molecule has 2 aromatic rings. The number of ether oxygens (including phenoxy) is 1. The molecule has 2 aliphatic heterocycles. The van der Waals surface area contributed by atoms with Gasteiger partial charge in [-0.1, -0.05) is 36.0 Å². The molecular formula is C18H19N3OS. The lowest BCUT2D eigenvalue weighted by Gasteiger charge is -2.32. The van der Waals surface area contributed by atoms with Crippen molar-refractivity contribution < 1.29 is 4.74 Å². The highest BCUT2D eigenvalue weighted by Crippen LogP contribution is 2.47. The summed E-state index contributed by atoms with van der Waals surface area (Å²) in [6.45, 7) is 3.31. The first-order valence-electron chi connectivity index (χ1n) is 7.96. The molecule has 0 saturated carbocycles. The van der Waals surface area contributed by atoms with E-state index in [9.17, 15) is 0 Å². The summed E-state index contributed by atoms with van der Waals surface area (Å²) in [6, 6.07) is 17.9. The number of hydrogen-bond acceptors (Lipinski definition) is 5. The van der Waals surface area contributed by atoms with Gasteiger partial charge in [-0.25, -0.2) is 4.99 Å². The van der Waals surface area contributed by atoms with Gasteiger partial charge in [0.1, 0.15) is 6.61 Å². The molecule has 23 heavy (non-hydrogen) atoms. The van der Waals surface area contributed by atoms with Crippen molar-refractivity contribution in [2.75, 3.05) is 31.1 Å². The van der Waals surface area contributed by atoms with Gasteiger partial charge in [0.15, 0.2) is 0 Å². The summed E-state index contributed by atoms with van der Waals surface area (Å²) >= 11 is 1.85. The Morgan fingerprint density at radius 2 is 1.74 bits per heavy atom. The molecule has 0 aromatic heterocycles. The molecule has 2 aromatic carbocycles. The number of nitrogens with zero attached hydrogens (tertiary/aromatic N) is 2. The van der Waals surface area contributed by atoms with Crippen molar-refractivity contribution in [2.24, 2.45) is 4.99 Å². The molecule has 0 amide bonds. The average molecular weight is 325 g/mol. The van der Waals surface area contributed by atoms with Crippen molar-refractivity contribution in [3.05, 3.63) is 48.5 Å². The number of anilines is 2. The van der Waals surface area contributed by atoms with E-state index in [1.165, 1.54) is 21.2 Å². The van der Waals surface area contributed by atoms with Gasteiger partial charge in [-0.2, -0.15) is 0 Å². The minimum absolute atomic E-state index is 0.694. The van der Waals surface area contributed by atoms with Gasteiger partial charge in [0.25, 0.3) is 6.02 Å². The quantitative estimate of drug-likeness (QED) is 0.871. The van der Waals surface area contributed by atoms with Crippen LogP contribution in [0.5, 0.6) is 0 Å². The minimum Gasteiger partial charge on any atom is -0.463 e. The highest BCUT2D eigenvalue weighted by Gasteiger charge is 2.22. The Labute approximate surface area is 140 Å². The van der Waals surface area contributed by atoms with Gasteiger partial charge < -0.3 is 15.0 Å². The molecule has 4 nitrogen and oxygen atoms in total. The number of nitrogens with one attached hydrogen (secondary N) is 1. The fourth-order valence-corrected chi connectivity index (χ4v) is 3.99. The van der Waals surface area contributed by atoms with Crippen molar-refractivity contribution in [3.63, 3.8) is 0 Å². The van der Waals surface area contributed by atoms with E-state index in [2.05, 4.69) is 63.7 Å². The van der Waals surface area contributed by atoms with E-state index >= 15 is 0 Å². The van der Waals surface area contributed by atoms with Crippen molar-refractivity contribution in [2.45, 2.75) is 16.2 Å². The number of aliphatic imine (C=N–C) groups is 1. The van der Waals surface area contributed by atoms with Crippen LogP contribution in [0.4, 0.5) is 11.4 Å². The third kappa shape index (κ3) is 3.01. The van der Waals surface area contributed by atoms with Crippen molar-refractivity contribution >= 4 is 29.2 Å². The number of para-hydroxylation sites is 2. The number of amidine groups is 1. The third-order valence-corrected chi connectivity index (χ3v) is 5.08. The molecule has 0 radical (unpaired) electrons. The van der Waals surface area contributed by atoms with Crippen LogP contribution >= 0.6 is 11.8 Å². The summed E-state index contributed by atoms with van der Waals surface area (Å²) in [5.41, 5.74) is 2.59. The highest BCUT2D eigenvalue weighted by molar-refractivity contribution is 7.99. The lowest BCUT2D eigenvalue weighted by molar-refractivity contribution is 0.331. The molecule has 2 heterocycles. The van der Waals surface area contributed by atoms with Gasteiger partial charge in [-0.3, -0.25) is 0 Å². The molecule has 4 rings (SSSR count). The van der Waals surface area contributed by atoms with Crippen LogP contribution in [0, 0.1) is 0 Å². The molecule has 0 saturated heterocycles. The summed E-state index contributed by atoms with van der Waals surface area (Å²) in [7, 11) is 0. The predicted molar refractivity (Wildman–Crippen MR) is 94.9 cm³/mol. The van der Waals surface area contributed by atoms with Gasteiger partial charge in [-0.15, -0.1) is 0 Å². The molecular weight excluding hydrogens is 306 g/mol. The number of benzene rings is 2. The Morgan fingerprint density at radius 3 is 2.39 bits per heavy atom. The van der Waals surface area contributed by atoms with Crippen molar-refractivity contribution in [3.8, 4) is 0 Å². The van der Waals surface area contributed by atoms with E-state index in [-0.39, 0.29) is 0 Å². The predicted octanol–water partition coefficient (Wildman–Crippen LogP) is 3.66. The number of fused-ring (bicyclic) bond motifs is 2. The molecule has 5 heteroatoms. The van der Waals surface area contributed by atoms with Gasteiger partial charge in [0, 0.05) is 22.9 Å². The fourth-order valence-electron chi connectivity index (χ4n) is 2.90. The number of hydrogen-bond donors (Lipinski definition) is 1. The van der Waals surface area contributed by atoms with Crippen molar-refractivity contribution in [1.82, 2.24) is 5.32 Å². The molecule has 2 aliphatic rings. The highest BCUT2D eigenvalue weighted by atomic mass is 32.2. The van der Waals surface area contributed by atoms with E-state index in [1.54, 1.807) is 0 Å². The van der Waals surface area contributed by atoms with Crippen LogP contribution in [0.25, 0.3) is 0 Å². The van der Waals surface area contributed by atoms with Crippen molar-refractivity contribution in [1.29, 1.82) is 0 Å². The Morgan fingerprint density at radius 1 is 1.04 bits per heavy atom. The first kappa shape index (κ1) is 14.5. The normalized spacial score (nSPS) is 15.5. The van der Waals surface area contributed by atoms with E-state index < -0.39 is 0 Å². The molecule has 1 N–H and O–H groups in total. The zero-order valence-electron chi connectivity index (χ0n) is 12.9. The molecule has 0 spiro atoms. The summed E-state index contributed by atoms with van der Waals surface area (Å²) in [6.07, 6.45) is 1.02. The minimum atomic E-state index is 0.694. The van der Waals surface area contributed by atoms with E-state index in [0.717, 1.165) is 26.1 Å². The lowest BCUT2D eigenvalue weighted by atomic mass is 10.2. The van der Waals surface area contributed by atoms with Gasteiger partial charge in [-0.05, 0) is 30.7 Å². The first-order valence-corrected chi connectivity index (χ1v) is 8.78. The van der Waals surface area contributed by atoms with Crippen LogP contribution in [-0.4, -0.2) is 32.3 Å². The average Bonchev–Trinajstić information content (AvgIpc) is 3.11. The molecule has 118 valence electrons. The number of rotatable bonds is 4. The third-order valence-electron chi connectivity index (χ3n) is 3.95. The first-order chi connectivity index (χ1) is 11.4.